The second-order valence-corrected chi connectivity index (χ2v) is 6.33. The Morgan fingerprint density at radius 3 is 2.67 bits per heavy atom. The highest BCUT2D eigenvalue weighted by Crippen LogP contribution is 2.38. The van der Waals surface area contributed by atoms with Crippen molar-refractivity contribution in [2.24, 2.45) is 0 Å². The molecule has 1 amide bonds. The second-order valence-electron chi connectivity index (χ2n) is 6.33. The van der Waals surface area contributed by atoms with Gasteiger partial charge in [-0.2, -0.15) is 4.98 Å². The Morgan fingerprint density at radius 2 is 1.89 bits per heavy atom. The first-order chi connectivity index (χ1) is 13.0. The molecule has 0 unspecified atom stereocenters. The number of nitrogens with zero attached hydrogens (tertiary/aromatic N) is 2. The van der Waals surface area contributed by atoms with Crippen molar-refractivity contribution < 1.29 is 22.5 Å². The van der Waals surface area contributed by atoms with Gasteiger partial charge in [-0.1, -0.05) is 23.4 Å². The first kappa shape index (κ1) is 17.3. The summed E-state index contributed by atoms with van der Waals surface area (Å²) in [7, 11) is 0. The molecular formula is C19H14F3N3O2. The van der Waals surface area contributed by atoms with Crippen molar-refractivity contribution >= 4 is 11.6 Å². The number of hydrogen-bond donors (Lipinski definition) is 1. The van der Waals surface area contributed by atoms with E-state index in [-0.39, 0.29) is 6.42 Å². The Labute approximate surface area is 152 Å². The second kappa shape index (κ2) is 6.86. The van der Waals surface area contributed by atoms with Crippen molar-refractivity contribution in [2.75, 3.05) is 5.32 Å². The molecule has 1 N–H and O–H groups in total. The number of rotatable bonds is 5. The zero-order chi connectivity index (χ0) is 19.0. The predicted molar refractivity (Wildman–Crippen MR) is 89.8 cm³/mol. The quantitative estimate of drug-likeness (QED) is 0.681. The van der Waals surface area contributed by atoms with Gasteiger partial charge in [-0.15, -0.1) is 0 Å². The third-order valence-electron chi connectivity index (χ3n) is 4.31. The van der Waals surface area contributed by atoms with Crippen LogP contribution in [0.15, 0.2) is 40.9 Å². The fraction of sp³-hybridized carbons (Fsp3) is 0.211. The lowest BCUT2D eigenvalue weighted by Gasteiger charge is -2.10. The maximum Gasteiger partial charge on any atom is 0.258 e. The van der Waals surface area contributed by atoms with E-state index >= 15 is 0 Å². The SMILES string of the molecule is O=C(Nc1ccccc1Cc1nc(C2CC2)no1)c1ccc(F)c(F)c1F. The average Bonchev–Trinajstić information content (AvgIpc) is 3.41. The van der Waals surface area contributed by atoms with Gasteiger partial charge >= 0.3 is 0 Å². The number of carbonyl (C=O) groups excluding carboxylic acids is 1. The molecule has 3 aromatic rings. The highest BCUT2D eigenvalue weighted by Gasteiger charge is 2.29. The summed E-state index contributed by atoms with van der Waals surface area (Å²) in [6, 6.07) is 8.41. The van der Waals surface area contributed by atoms with E-state index in [4.69, 9.17) is 4.52 Å². The standard InChI is InChI=1S/C19H14F3N3O2/c20-13-8-7-12(16(21)17(13)22)19(26)23-14-4-2-1-3-11(14)9-15-24-18(25-27-15)10-5-6-10/h1-4,7-8,10H,5-6,9H2,(H,23,26). The molecule has 4 rings (SSSR count). The molecule has 5 nitrogen and oxygen atoms in total. The van der Waals surface area contributed by atoms with Crippen LogP contribution in [0.2, 0.25) is 0 Å². The number of hydrogen-bond acceptors (Lipinski definition) is 4. The molecule has 8 heteroatoms. The lowest BCUT2D eigenvalue weighted by atomic mass is 10.1. The van der Waals surface area contributed by atoms with Gasteiger partial charge in [-0.05, 0) is 36.6 Å². The maximum absolute atomic E-state index is 13.8. The molecule has 1 aliphatic rings. The number of nitrogens with one attached hydrogen (secondary N) is 1. The molecule has 1 fully saturated rings. The molecule has 0 atom stereocenters. The van der Waals surface area contributed by atoms with Crippen LogP contribution in [-0.4, -0.2) is 16.0 Å². The van der Waals surface area contributed by atoms with Crippen LogP contribution in [0.4, 0.5) is 18.9 Å². The van der Waals surface area contributed by atoms with Crippen LogP contribution >= 0.6 is 0 Å². The van der Waals surface area contributed by atoms with E-state index in [1.54, 1.807) is 24.3 Å². The van der Waals surface area contributed by atoms with Crippen LogP contribution in [-0.2, 0) is 6.42 Å². The van der Waals surface area contributed by atoms with E-state index in [1.165, 1.54) is 0 Å². The maximum atomic E-state index is 13.8. The van der Waals surface area contributed by atoms with Crippen LogP contribution in [0.25, 0.3) is 0 Å². The van der Waals surface area contributed by atoms with Crippen molar-refractivity contribution in [2.45, 2.75) is 25.2 Å². The van der Waals surface area contributed by atoms with Gasteiger partial charge in [0.2, 0.25) is 5.89 Å². The molecule has 2 aromatic carbocycles. The van der Waals surface area contributed by atoms with E-state index in [0.29, 0.717) is 35.0 Å². The Hall–Kier alpha value is -3.16. The van der Waals surface area contributed by atoms with E-state index in [2.05, 4.69) is 15.5 Å². The lowest BCUT2D eigenvalue weighted by Crippen LogP contribution is -2.16. The summed E-state index contributed by atoms with van der Waals surface area (Å²) in [5.41, 5.74) is 0.468. The highest BCUT2D eigenvalue weighted by molar-refractivity contribution is 6.04. The molecule has 1 saturated carbocycles. The summed E-state index contributed by atoms with van der Waals surface area (Å²) in [6.45, 7) is 0. The van der Waals surface area contributed by atoms with E-state index < -0.39 is 28.9 Å². The fourth-order valence-corrected chi connectivity index (χ4v) is 2.70. The largest absolute Gasteiger partial charge is 0.339 e. The first-order valence-electron chi connectivity index (χ1n) is 8.38. The number of benzene rings is 2. The average molecular weight is 373 g/mol. The molecule has 1 aliphatic carbocycles. The number of aromatic nitrogens is 2. The van der Waals surface area contributed by atoms with Crippen molar-refractivity contribution in [3.63, 3.8) is 0 Å². The number of anilines is 1. The molecule has 1 aromatic heterocycles. The lowest BCUT2D eigenvalue weighted by molar-refractivity contribution is 0.102. The molecule has 0 aliphatic heterocycles. The van der Waals surface area contributed by atoms with Crippen molar-refractivity contribution in [1.29, 1.82) is 0 Å². The van der Waals surface area contributed by atoms with Crippen LogP contribution in [0.5, 0.6) is 0 Å². The molecular weight excluding hydrogens is 359 g/mol. The zero-order valence-corrected chi connectivity index (χ0v) is 14.0. The molecule has 0 saturated heterocycles. The molecule has 1 heterocycles. The number of para-hydroxylation sites is 1. The van der Waals surface area contributed by atoms with Crippen LogP contribution in [0.3, 0.4) is 0 Å². The minimum Gasteiger partial charge on any atom is -0.339 e. The van der Waals surface area contributed by atoms with Crippen molar-refractivity contribution in [3.8, 4) is 0 Å². The first-order valence-corrected chi connectivity index (χ1v) is 8.38. The zero-order valence-electron chi connectivity index (χ0n) is 14.0. The van der Waals surface area contributed by atoms with E-state index in [0.717, 1.165) is 18.9 Å². The number of carbonyl (C=O) groups is 1. The minimum atomic E-state index is -1.69. The summed E-state index contributed by atoms with van der Waals surface area (Å²) in [4.78, 5) is 16.7. The monoisotopic (exact) mass is 373 g/mol. The van der Waals surface area contributed by atoms with Gasteiger partial charge in [0.25, 0.3) is 5.91 Å². The highest BCUT2D eigenvalue weighted by atomic mass is 19.2. The summed E-state index contributed by atoms with van der Waals surface area (Å²) in [5, 5.41) is 6.46. The van der Waals surface area contributed by atoms with Crippen molar-refractivity contribution in [1.82, 2.24) is 10.1 Å². The third-order valence-corrected chi connectivity index (χ3v) is 4.31. The Bertz CT molecular complexity index is 1020. The van der Waals surface area contributed by atoms with Gasteiger partial charge in [0, 0.05) is 11.6 Å². The van der Waals surface area contributed by atoms with Crippen LogP contribution in [0, 0.1) is 17.5 Å². The van der Waals surface area contributed by atoms with Crippen molar-refractivity contribution in [3.05, 3.63) is 76.7 Å². The van der Waals surface area contributed by atoms with Crippen LogP contribution in [0.1, 0.15) is 46.4 Å². The summed E-state index contributed by atoms with van der Waals surface area (Å²) in [6.07, 6.45) is 2.37. The van der Waals surface area contributed by atoms with Gasteiger partial charge in [-0.3, -0.25) is 4.79 Å². The molecule has 27 heavy (non-hydrogen) atoms. The van der Waals surface area contributed by atoms with Gasteiger partial charge in [-0.25, -0.2) is 13.2 Å². The van der Waals surface area contributed by atoms with Gasteiger partial charge in [0.05, 0.1) is 12.0 Å². The smallest absolute Gasteiger partial charge is 0.258 e. The normalized spacial score (nSPS) is 13.6. The van der Waals surface area contributed by atoms with E-state index in [9.17, 15) is 18.0 Å². The van der Waals surface area contributed by atoms with Gasteiger partial charge < -0.3 is 9.84 Å². The van der Waals surface area contributed by atoms with Gasteiger partial charge in [0.15, 0.2) is 23.3 Å². The molecule has 0 spiro atoms. The fourth-order valence-electron chi connectivity index (χ4n) is 2.70. The predicted octanol–water partition coefficient (Wildman–Crippen LogP) is 4.21. The molecule has 0 bridgehead atoms. The minimum absolute atomic E-state index is 0.274. The number of halogens is 3. The van der Waals surface area contributed by atoms with E-state index in [1.807, 2.05) is 0 Å². The Kier molecular flexibility index (Phi) is 4.39. The van der Waals surface area contributed by atoms with Gasteiger partial charge in [0.1, 0.15) is 0 Å². The summed E-state index contributed by atoms with van der Waals surface area (Å²) >= 11 is 0. The number of amides is 1. The third kappa shape index (κ3) is 3.55. The Balaban J connectivity index is 1.55. The van der Waals surface area contributed by atoms with Crippen LogP contribution < -0.4 is 5.32 Å². The Morgan fingerprint density at radius 1 is 1.11 bits per heavy atom. The molecule has 138 valence electrons. The molecule has 0 radical (unpaired) electrons. The summed E-state index contributed by atoms with van der Waals surface area (Å²) in [5.74, 6) is -4.03. The topological polar surface area (TPSA) is 68.0 Å². The summed E-state index contributed by atoms with van der Waals surface area (Å²) < 4.78 is 45.5.